The molecule has 0 aliphatic heterocycles. The number of ether oxygens (including phenoxy) is 1. The molecule has 0 saturated heterocycles. The number of benzene rings is 2. The third-order valence-corrected chi connectivity index (χ3v) is 2.81. The van der Waals surface area contributed by atoms with E-state index in [1.165, 1.54) is 36.4 Å². The first kappa shape index (κ1) is 14.1. The summed E-state index contributed by atoms with van der Waals surface area (Å²) in [5.41, 5.74) is 12.3. The van der Waals surface area contributed by atoms with Crippen LogP contribution in [0.15, 0.2) is 36.4 Å². The number of nitrogens with two attached hydrogens (primary N) is 2. The molecule has 0 unspecified atom stereocenters. The Bertz CT molecular complexity index is 641. The van der Waals surface area contributed by atoms with Crippen LogP contribution >= 0.6 is 11.6 Å². The Labute approximate surface area is 120 Å². The molecule has 20 heavy (non-hydrogen) atoms. The van der Waals surface area contributed by atoms with E-state index in [4.69, 9.17) is 27.8 Å². The molecular weight excluding hydrogens is 283 g/mol. The van der Waals surface area contributed by atoms with Gasteiger partial charge in [-0.05, 0) is 36.4 Å². The highest BCUT2D eigenvalue weighted by molar-refractivity contribution is 6.30. The lowest BCUT2D eigenvalue weighted by Crippen LogP contribution is -2.07. The molecule has 4 nitrogen and oxygen atoms in total. The van der Waals surface area contributed by atoms with Crippen molar-refractivity contribution in [3.05, 3.63) is 58.4 Å². The lowest BCUT2D eigenvalue weighted by Gasteiger charge is -2.07. The van der Waals surface area contributed by atoms with Crippen LogP contribution in [0.1, 0.15) is 15.9 Å². The van der Waals surface area contributed by atoms with Gasteiger partial charge in [0.1, 0.15) is 12.4 Å². The Morgan fingerprint density at radius 2 is 1.80 bits per heavy atom. The largest absolute Gasteiger partial charge is 0.457 e. The summed E-state index contributed by atoms with van der Waals surface area (Å²) >= 11 is 5.75. The van der Waals surface area contributed by atoms with E-state index in [2.05, 4.69) is 0 Å². The molecule has 0 aromatic heterocycles. The SMILES string of the molecule is Nc1cc(N)cc(C(=O)OCc2cc(Cl)ccc2F)c1. The second kappa shape index (κ2) is 5.79. The van der Waals surface area contributed by atoms with Crippen LogP contribution < -0.4 is 11.5 Å². The van der Waals surface area contributed by atoms with Crippen molar-refractivity contribution < 1.29 is 13.9 Å². The van der Waals surface area contributed by atoms with E-state index in [-0.39, 0.29) is 17.7 Å². The van der Waals surface area contributed by atoms with Crippen molar-refractivity contribution in [3.63, 3.8) is 0 Å². The summed E-state index contributed by atoms with van der Waals surface area (Å²) in [5, 5.41) is 0.366. The minimum atomic E-state index is -0.636. The maximum atomic E-state index is 13.5. The van der Waals surface area contributed by atoms with Crippen LogP contribution in [-0.2, 0) is 11.3 Å². The van der Waals surface area contributed by atoms with Gasteiger partial charge in [-0.15, -0.1) is 0 Å². The fourth-order valence-corrected chi connectivity index (χ4v) is 1.87. The number of anilines is 2. The van der Waals surface area contributed by atoms with E-state index >= 15 is 0 Å². The molecule has 2 aromatic carbocycles. The van der Waals surface area contributed by atoms with Gasteiger partial charge in [0.2, 0.25) is 0 Å². The maximum absolute atomic E-state index is 13.5. The summed E-state index contributed by atoms with van der Waals surface area (Å²) in [6.07, 6.45) is 0. The predicted molar refractivity (Wildman–Crippen MR) is 75.8 cm³/mol. The highest BCUT2D eigenvalue weighted by Gasteiger charge is 2.11. The second-order valence-electron chi connectivity index (χ2n) is 4.20. The fraction of sp³-hybridized carbons (Fsp3) is 0.0714. The summed E-state index contributed by atoms with van der Waals surface area (Å²) < 4.78 is 18.5. The average Bonchev–Trinajstić information content (AvgIpc) is 2.38. The van der Waals surface area contributed by atoms with Crippen LogP contribution in [0, 0.1) is 5.82 Å². The molecule has 4 N–H and O–H groups in total. The molecule has 0 bridgehead atoms. The zero-order valence-corrected chi connectivity index (χ0v) is 11.2. The molecule has 6 heteroatoms. The van der Waals surface area contributed by atoms with Gasteiger partial charge in [0.05, 0.1) is 5.56 Å². The lowest BCUT2D eigenvalue weighted by atomic mass is 10.2. The molecule has 104 valence electrons. The number of esters is 1. The number of halogens is 2. The summed E-state index contributed by atoms with van der Waals surface area (Å²) in [7, 11) is 0. The molecule has 0 aliphatic carbocycles. The first-order valence-corrected chi connectivity index (χ1v) is 6.10. The van der Waals surface area contributed by atoms with Gasteiger partial charge in [-0.2, -0.15) is 0 Å². The Morgan fingerprint density at radius 3 is 2.45 bits per heavy atom. The van der Waals surface area contributed by atoms with Crippen molar-refractivity contribution in [2.24, 2.45) is 0 Å². The minimum Gasteiger partial charge on any atom is -0.457 e. The van der Waals surface area contributed by atoms with Gasteiger partial charge in [0.25, 0.3) is 0 Å². The quantitative estimate of drug-likeness (QED) is 0.674. The van der Waals surface area contributed by atoms with Crippen LogP contribution in [-0.4, -0.2) is 5.97 Å². The average molecular weight is 295 g/mol. The standard InChI is InChI=1S/C14H12ClFN2O2/c15-10-1-2-13(16)9(3-10)7-20-14(19)8-4-11(17)6-12(18)5-8/h1-6H,7,17-18H2. The van der Waals surface area contributed by atoms with Crippen molar-refractivity contribution in [2.75, 3.05) is 11.5 Å². The molecular formula is C14H12ClFN2O2. The van der Waals surface area contributed by atoms with Gasteiger partial charge in [-0.1, -0.05) is 11.6 Å². The summed E-state index contributed by atoms with van der Waals surface area (Å²) in [5.74, 6) is -1.13. The molecule has 0 spiro atoms. The van der Waals surface area contributed by atoms with Gasteiger partial charge in [0.15, 0.2) is 0 Å². The van der Waals surface area contributed by atoms with E-state index < -0.39 is 11.8 Å². The van der Waals surface area contributed by atoms with Crippen LogP contribution in [0.25, 0.3) is 0 Å². The van der Waals surface area contributed by atoms with Crippen molar-refractivity contribution in [1.29, 1.82) is 0 Å². The highest BCUT2D eigenvalue weighted by Crippen LogP contribution is 2.18. The van der Waals surface area contributed by atoms with E-state index in [9.17, 15) is 9.18 Å². The van der Waals surface area contributed by atoms with Gasteiger partial charge < -0.3 is 16.2 Å². The van der Waals surface area contributed by atoms with Gasteiger partial charge in [-0.3, -0.25) is 0 Å². The number of rotatable bonds is 3. The highest BCUT2D eigenvalue weighted by atomic mass is 35.5. The summed E-state index contributed by atoms with van der Waals surface area (Å²) in [6.45, 7) is -0.222. The lowest BCUT2D eigenvalue weighted by molar-refractivity contribution is 0.0469. The molecule has 0 saturated carbocycles. The third kappa shape index (κ3) is 3.39. The Morgan fingerprint density at radius 1 is 1.15 bits per heavy atom. The summed E-state index contributed by atoms with van der Waals surface area (Å²) in [6, 6.07) is 8.43. The van der Waals surface area contributed by atoms with Crippen molar-refractivity contribution in [1.82, 2.24) is 0 Å². The number of carbonyl (C=O) groups excluding carboxylic acids is 1. The van der Waals surface area contributed by atoms with Gasteiger partial charge >= 0.3 is 5.97 Å². The van der Waals surface area contributed by atoms with Crippen LogP contribution in [0.2, 0.25) is 5.02 Å². The number of hydrogen-bond acceptors (Lipinski definition) is 4. The van der Waals surface area contributed by atoms with Gasteiger partial charge in [-0.25, -0.2) is 9.18 Å². The molecule has 0 amide bonds. The normalized spacial score (nSPS) is 10.3. The van der Waals surface area contributed by atoms with Crippen LogP contribution in [0.5, 0.6) is 0 Å². The molecule has 0 fully saturated rings. The monoisotopic (exact) mass is 294 g/mol. The smallest absolute Gasteiger partial charge is 0.338 e. The Kier molecular flexibility index (Phi) is 4.10. The second-order valence-corrected chi connectivity index (χ2v) is 4.64. The fourth-order valence-electron chi connectivity index (χ4n) is 1.67. The first-order chi connectivity index (χ1) is 9.45. The zero-order valence-electron chi connectivity index (χ0n) is 10.4. The van der Waals surface area contributed by atoms with E-state index in [0.29, 0.717) is 16.4 Å². The number of hydrogen-bond donors (Lipinski definition) is 2. The molecule has 0 heterocycles. The topological polar surface area (TPSA) is 78.3 Å². The van der Waals surface area contributed by atoms with Crippen molar-refractivity contribution in [2.45, 2.75) is 6.61 Å². The van der Waals surface area contributed by atoms with E-state index in [1.807, 2.05) is 0 Å². The molecule has 2 aromatic rings. The minimum absolute atomic E-state index is 0.197. The van der Waals surface area contributed by atoms with E-state index in [0.717, 1.165) is 0 Å². The summed E-state index contributed by atoms with van der Waals surface area (Å²) in [4.78, 5) is 11.8. The maximum Gasteiger partial charge on any atom is 0.338 e. The third-order valence-electron chi connectivity index (χ3n) is 2.58. The van der Waals surface area contributed by atoms with Gasteiger partial charge in [0, 0.05) is 22.0 Å². The van der Waals surface area contributed by atoms with Crippen LogP contribution in [0.4, 0.5) is 15.8 Å². The Hall–Kier alpha value is -2.27. The molecule has 0 radical (unpaired) electrons. The van der Waals surface area contributed by atoms with E-state index in [1.54, 1.807) is 0 Å². The first-order valence-electron chi connectivity index (χ1n) is 5.73. The van der Waals surface area contributed by atoms with Crippen molar-refractivity contribution >= 4 is 28.9 Å². The Balaban J connectivity index is 2.10. The van der Waals surface area contributed by atoms with Crippen LogP contribution in [0.3, 0.4) is 0 Å². The predicted octanol–water partition coefficient (Wildman–Crippen LogP) is 3.00. The number of nitrogen functional groups attached to an aromatic ring is 2. The molecule has 0 atom stereocenters. The molecule has 0 aliphatic rings. The number of carbonyl (C=O) groups is 1. The molecule has 2 rings (SSSR count). The van der Waals surface area contributed by atoms with Crippen molar-refractivity contribution in [3.8, 4) is 0 Å². The zero-order chi connectivity index (χ0) is 14.7.